The van der Waals surface area contributed by atoms with Crippen LogP contribution in [-0.4, -0.2) is 10.2 Å². The summed E-state index contributed by atoms with van der Waals surface area (Å²) in [6, 6.07) is 13.8. The number of anilines is 1. The number of benzene rings is 2. The van der Waals surface area contributed by atoms with Gasteiger partial charge in [0, 0.05) is 20.6 Å². The van der Waals surface area contributed by atoms with E-state index in [0.717, 1.165) is 32.4 Å². The molecule has 0 unspecified atom stereocenters. The lowest BCUT2D eigenvalue weighted by atomic mass is 10.00. The van der Waals surface area contributed by atoms with E-state index in [2.05, 4.69) is 38.3 Å². The van der Waals surface area contributed by atoms with E-state index in [-0.39, 0.29) is 0 Å². The van der Waals surface area contributed by atoms with Gasteiger partial charge in [0.1, 0.15) is 0 Å². The molecule has 0 amide bonds. The fourth-order valence-electron chi connectivity index (χ4n) is 2.38. The smallest absolute Gasteiger partial charge is 0.153 e. The summed E-state index contributed by atoms with van der Waals surface area (Å²) < 4.78 is 1.01. The van der Waals surface area contributed by atoms with Crippen LogP contribution in [0.15, 0.2) is 46.9 Å². The number of halogens is 2. The summed E-state index contributed by atoms with van der Waals surface area (Å²) in [4.78, 5) is 0. The Balaban J connectivity index is 2.24. The van der Waals surface area contributed by atoms with Crippen molar-refractivity contribution in [2.75, 3.05) is 5.73 Å². The molecule has 0 spiro atoms. The molecule has 5 heteroatoms. The summed E-state index contributed by atoms with van der Waals surface area (Å²) in [7, 11) is 0. The Morgan fingerprint density at radius 3 is 2.67 bits per heavy atom. The number of H-pyrrole nitrogens is 1. The maximum absolute atomic E-state index is 6.30. The number of hydrogen-bond donors (Lipinski definition) is 2. The monoisotopic (exact) mass is 361 g/mol. The summed E-state index contributed by atoms with van der Waals surface area (Å²) in [5.41, 5.74) is 10.8. The minimum Gasteiger partial charge on any atom is -0.382 e. The molecule has 0 aliphatic rings. The molecule has 0 aliphatic heterocycles. The molecule has 3 rings (SSSR count). The van der Waals surface area contributed by atoms with Crippen molar-refractivity contribution in [2.45, 2.75) is 6.92 Å². The van der Waals surface area contributed by atoms with E-state index >= 15 is 0 Å². The van der Waals surface area contributed by atoms with Crippen molar-refractivity contribution >= 4 is 33.3 Å². The van der Waals surface area contributed by atoms with Crippen LogP contribution in [0.5, 0.6) is 0 Å². The molecule has 1 aromatic heterocycles. The number of nitrogens with zero attached hydrogens (tertiary/aromatic N) is 1. The Hall–Kier alpha value is -1.78. The molecule has 0 fully saturated rings. The number of aryl methyl sites for hydroxylation is 1. The molecule has 0 saturated carbocycles. The molecule has 0 saturated heterocycles. The summed E-state index contributed by atoms with van der Waals surface area (Å²) >= 11 is 9.82. The molecule has 21 heavy (non-hydrogen) atoms. The summed E-state index contributed by atoms with van der Waals surface area (Å²) in [5.74, 6) is 0.440. The molecular weight excluding hydrogens is 350 g/mol. The van der Waals surface area contributed by atoms with E-state index in [4.69, 9.17) is 17.3 Å². The fourth-order valence-corrected chi connectivity index (χ4v) is 3.22. The summed E-state index contributed by atoms with van der Waals surface area (Å²) in [5, 5.41) is 7.82. The zero-order valence-corrected chi connectivity index (χ0v) is 13.7. The van der Waals surface area contributed by atoms with E-state index in [1.807, 2.05) is 37.3 Å². The van der Waals surface area contributed by atoms with E-state index in [1.54, 1.807) is 0 Å². The van der Waals surface area contributed by atoms with Crippen molar-refractivity contribution in [1.82, 2.24) is 10.2 Å². The average molecular weight is 363 g/mol. The quantitative estimate of drug-likeness (QED) is 0.670. The predicted octanol–water partition coefficient (Wildman–Crippen LogP) is 5.05. The van der Waals surface area contributed by atoms with Gasteiger partial charge in [0.15, 0.2) is 5.82 Å². The molecule has 106 valence electrons. The van der Waals surface area contributed by atoms with Gasteiger partial charge >= 0.3 is 0 Å². The Morgan fingerprint density at radius 2 is 1.95 bits per heavy atom. The van der Waals surface area contributed by atoms with Crippen molar-refractivity contribution in [3.8, 4) is 22.4 Å². The highest BCUT2D eigenvalue weighted by Gasteiger charge is 2.17. The third kappa shape index (κ3) is 2.69. The molecule has 0 atom stereocenters. The number of nitrogen functional groups attached to an aromatic ring is 1. The molecule has 3 nitrogen and oxygen atoms in total. The normalized spacial score (nSPS) is 10.8. The maximum Gasteiger partial charge on any atom is 0.153 e. The molecule has 2 aromatic carbocycles. The first kappa shape index (κ1) is 14.2. The Morgan fingerprint density at radius 1 is 1.19 bits per heavy atom. The number of rotatable bonds is 2. The van der Waals surface area contributed by atoms with Crippen LogP contribution in [0.1, 0.15) is 5.56 Å². The highest BCUT2D eigenvalue weighted by Crippen LogP contribution is 2.39. The third-order valence-electron chi connectivity index (χ3n) is 3.27. The zero-order valence-electron chi connectivity index (χ0n) is 11.3. The van der Waals surface area contributed by atoms with Crippen LogP contribution >= 0.6 is 27.5 Å². The lowest BCUT2D eigenvalue weighted by Crippen LogP contribution is -1.90. The minimum atomic E-state index is 0.440. The number of hydrogen-bond acceptors (Lipinski definition) is 2. The third-order valence-corrected chi connectivity index (χ3v) is 4.06. The maximum atomic E-state index is 6.30. The Labute approximate surface area is 136 Å². The molecule has 3 N–H and O–H groups in total. The average Bonchev–Trinajstić information content (AvgIpc) is 2.80. The SMILES string of the molecule is Cc1cc(Br)cc(-c2[nH]nc(N)c2-c2ccccc2Cl)c1. The van der Waals surface area contributed by atoms with Gasteiger partial charge in [-0.15, -0.1) is 0 Å². The largest absolute Gasteiger partial charge is 0.382 e. The second-order valence-corrected chi connectivity index (χ2v) is 6.18. The van der Waals surface area contributed by atoms with Gasteiger partial charge in [0.2, 0.25) is 0 Å². The highest BCUT2D eigenvalue weighted by atomic mass is 79.9. The van der Waals surface area contributed by atoms with Crippen LogP contribution in [0.4, 0.5) is 5.82 Å². The number of nitrogens with one attached hydrogen (secondary N) is 1. The second-order valence-electron chi connectivity index (χ2n) is 4.86. The van der Waals surface area contributed by atoms with Crippen molar-refractivity contribution in [1.29, 1.82) is 0 Å². The van der Waals surface area contributed by atoms with Gasteiger partial charge in [-0.2, -0.15) is 5.10 Å². The van der Waals surface area contributed by atoms with E-state index in [9.17, 15) is 0 Å². The Bertz CT molecular complexity index is 791. The summed E-state index contributed by atoms with van der Waals surface area (Å²) in [6.07, 6.45) is 0. The number of aromatic nitrogens is 2. The van der Waals surface area contributed by atoms with Crippen LogP contribution in [0, 0.1) is 6.92 Å². The minimum absolute atomic E-state index is 0.440. The van der Waals surface area contributed by atoms with Gasteiger partial charge in [-0.05, 0) is 36.8 Å². The van der Waals surface area contributed by atoms with Gasteiger partial charge in [-0.3, -0.25) is 5.10 Å². The van der Waals surface area contributed by atoms with Gasteiger partial charge in [0.05, 0.1) is 11.3 Å². The first-order valence-corrected chi connectivity index (χ1v) is 7.59. The van der Waals surface area contributed by atoms with Crippen LogP contribution in [-0.2, 0) is 0 Å². The van der Waals surface area contributed by atoms with E-state index in [1.165, 1.54) is 0 Å². The van der Waals surface area contributed by atoms with Crippen molar-refractivity contribution in [2.24, 2.45) is 0 Å². The summed E-state index contributed by atoms with van der Waals surface area (Å²) in [6.45, 7) is 2.04. The highest BCUT2D eigenvalue weighted by molar-refractivity contribution is 9.10. The zero-order chi connectivity index (χ0) is 15.0. The fraction of sp³-hybridized carbons (Fsp3) is 0.0625. The van der Waals surface area contributed by atoms with Gasteiger partial charge in [-0.25, -0.2) is 0 Å². The first-order chi connectivity index (χ1) is 10.1. The van der Waals surface area contributed by atoms with Crippen LogP contribution in [0.3, 0.4) is 0 Å². The van der Waals surface area contributed by atoms with Crippen LogP contribution in [0.25, 0.3) is 22.4 Å². The number of aromatic amines is 1. The second kappa shape index (κ2) is 5.54. The first-order valence-electron chi connectivity index (χ1n) is 6.42. The van der Waals surface area contributed by atoms with E-state index < -0.39 is 0 Å². The van der Waals surface area contributed by atoms with Crippen LogP contribution < -0.4 is 5.73 Å². The molecular formula is C16H13BrClN3. The standard InChI is InChI=1S/C16H13BrClN3/c1-9-6-10(8-11(17)7-9)15-14(16(19)21-20-15)12-4-2-3-5-13(12)18/h2-8H,1H3,(H3,19,20,21). The van der Waals surface area contributed by atoms with Gasteiger partial charge in [0.25, 0.3) is 0 Å². The molecule has 0 radical (unpaired) electrons. The van der Waals surface area contributed by atoms with Gasteiger partial charge in [-0.1, -0.05) is 45.7 Å². The van der Waals surface area contributed by atoms with Crippen LogP contribution in [0.2, 0.25) is 5.02 Å². The van der Waals surface area contributed by atoms with E-state index in [0.29, 0.717) is 10.8 Å². The Kier molecular flexibility index (Phi) is 3.74. The van der Waals surface area contributed by atoms with Gasteiger partial charge < -0.3 is 5.73 Å². The molecule has 3 aromatic rings. The molecule has 0 aliphatic carbocycles. The lowest BCUT2D eigenvalue weighted by Gasteiger charge is -2.08. The molecule has 1 heterocycles. The topological polar surface area (TPSA) is 54.7 Å². The molecule has 0 bridgehead atoms. The van der Waals surface area contributed by atoms with Crippen molar-refractivity contribution in [3.05, 3.63) is 57.5 Å². The predicted molar refractivity (Wildman–Crippen MR) is 91.3 cm³/mol. The van der Waals surface area contributed by atoms with Crippen molar-refractivity contribution < 1.29 is 0 Å². The lowest BCUT2D eigenvalue weighted by molar-refractivity contribution is 1.10. The number of nitrogens with two attached hydrogens (primary N) is 1. The van der Waals surface area contributed by atoms with Crippen molar-refractivity contribution in [3.63, 3.8) is 0 Å².